The van der Waals surface area contributed by atoms with Crippen LogP contribution in [0.2, 0.25) is 0 Å². The molecule has 0 amide bonds. The second-order valence-electron chi connectivity index (χ2n) is 19.1. The Balaban J connectivity index is 0.903. The third kappa shape index (κ3) is 10.5. The number of hydrogen-bond donors (Lipinski definition) is 4. The maximum Gasteiger partial charge on any atom is 0.306 e. The van der Waals surface area contributed by atoms with E-state index in [1.165, 1.54) is 24.3 Å². The smallest absolute Gasteiger partial charge is 0.306 e. The summed E-state index contributed by atoms with van der Waals surface area (Å²) >= 11 is 0. The lowest BCUT2D eigenvalue weighted by Crippen LogP contribution is -2.50. The maximum absolute atomic E-state index is 14.1. The van der Waals surface area contributed by atoms with Crippen LogP contribution in [0.3, 0.4) is 0 Å². The van der Waals surface area contributed by atoms with E-state index < -0.39 is 109 Å². The van der Waals surface area contributed by atoms with Gasteiger partial charge in [-0.15, -0.1) is 0 Å². The molecule has 6 aliphatic rings. The number of carbonyl (C=O) groups excluding carboxylic acids is 4. The second-order valence-corrected chi connectivity index (χ2v) is 19.1. The zero-order valence-corrected chi connectivity index (χ0v) is 38.7. The van der Waals surface area contributed by atoms with Crippen LogP contribution in [0.5, 0.6) is 11.5 Å². The summed E-state index contributed by atoms with van der Waals surface area (Å²) in [4.78, 5) is 64.2. The van der Waals surface area contributed by atoms with Crippen LogP contribution in [-0.4, -0.2) is 135 Å². The van der Waals surface area contributed by atoms with Crippen LogP contribution in [0.1, 0.15) is 155 Å². The van der Waals surface area contributed by atoms with Crippen molar-refractivity contribution in [2.45, 2.75) is 204 Å². The van der Waals surface area contributed by atoms with Crippen LogP contribution in [-0.2, 0) is 63.4 Å². The molecule has 8 rings (SSSR count). The molecule has 5 aliphatic heterocycles. The molecule has 0 aromatic heterocycles. The number of rotatable bonds is 13. The first kappa shape index (κ1) is 49.2. The number of aromatic hydroxyl groups is 2. The molecule has 5 saturated heterocycles. The summed E-state index contributed by atoms with van der Waals surface area (Å²) in [6.45, 7) is 10.4. The van der Waals surface area contributed by atoms with Gasteiger partial charge in [0.05, 0.1) is 65.9 Å². The van der Waals surface area contributed by atoms with Crippen LogP contribution in [0.4, 0.5) is 0 Å². The van der Waals surface area contributed by atoms with Gasteiger partial charge in [0.15, 0.2) is 48.3 Å². The summed E-state index contributed by atoms with van der Waals surface area (Å²) in [5, 5.41) is 44.6. The highest BCUT2D eigenvalue weighted by molar-refractivity contribution is 6.30. The first-order chi connectivity index (χ1) is 31.8. The van der Waals surface area contributed by atoms with E-state index in [0.29, 0.717) is 51.4 Å². The fraction of sp³-hybridized carbons (Fsp3) is 0.653. The average Bonchev–Trinajstić information content (AvgIpc) is 3.26. The lowest BCUT2D eigenvalue weighted by atomic mass is 9.79. The first-order valence-corrected chi connectivity index (χ1v) is 23.5. The molecule has 0 bridgehead atoms. The zero-order valence-electron chi connectivity index (χ0n) is 38.7. The number of ether oxygens (including phenoxy) is 9. The van der Waals surface area contributed by atoms with Crippen molar-refractivity contribution in [3.8, 4) is 11.5 Å². The third-order valence-corrected chi connectivity index (χ3v) is 13.9. The minimum Gasteiger partial charge on any atom is -0.507 e. The predicted octanol–water partition coefficient (Wildman–Crippen LogP) is 5.27. The number of benzene rings is 2. The van der Waals surface area contributed by atoms with Crippen molar-refractivity contribution >= 4 is 29.1 Å². The van der Waals surface area contributed by atoms with Crippen molar-refractivity contribution in [2.75, 3.05) is 0 Å². The lowest BCUT2D eigenvalue weighted by Gasteiger charge is -2.42. The number of fused-ring (bicyclic) bond motifs is 2. The molecule has 1 aliphatic carbocycles. The van der Waals surface area contributed by atoms with E-state index in [9.17, 15) is 44.4 Å². The molecule has 67 heavy (non-hydrogen) atoms. The highest BCUT2D eigenvalue weighted by atomic mass is 16.7. The Bertz CT molecular complexity index is 2210. The lowest BCUT2D eigenvalue weighted by molar-refractivity contribution is -0.298. The number of carbonyl (C=O) groups is 5. The molecule has 2 aromatic rings. The second kappa shape index (κ2) is 20.0. The Morgan fingerprint density at radius 3 is 1.72 bits per heavy atom. The summed E-state index contributed by atoms with van der Waals surface area (Å²) in [6, 6.07) is 5.63. The minimum atomic E-state index is -1.44. The summed E-state index contributed by atoms with van der Waals surface area (Å²) in [5.41, 5.74) is -1.95. The van der Waals surface area contributed by atoms with Crippen molar-refractivity contribution in [3.05, 3.63) is 57.6 Å². The molecule has 18 nitrogen and oxygen atoms in total. The van der Waals surface area contributed by atoms with E-state index in [2.05, 4.69) is 0 Å². The molecule has 18 heteroatoms. The molecule has 0 radical (unpaired) electrons. The molecular formula is C49H62O18. The van der Waals surface area contributed by atoms with Crippen molar-refractivity contribution < 1.29 is 87.0 Å². The van der Waals surface area contributed by atoms with E-state index in [0.717, 1.165) is 0 Å². The number of phenols is 2. The largest absolute Gasteiger partial charge is 0.507 e. The van der Waals surface area contributed by atoms with Crippen molar-refractivity contribution in [1.29, 1.82) is 0 Å². The molecule has 5 heterocycles. The Morgan fingerprint density at radius 1 is 0.657 bits per heavy atom. The Hall–Kier alpha value is -4.21. The standard InChI is InChI=1S/C49H62O18/c1-22-31(50)11-15-38(60-22)64-34-13-17-40(62-24(34)3)66-48-26(5)59-36(19-33(48)52)28-9-10-30-43(45(28)56)47(58)29-8-7-27(44(55)42(29)46(30)57)20-49(6,21-37(53)54)67-41-18-14-35(25(4)63-41)65-39-16-12-32(51)23(2)61-39/h7-10,22-26,33-36,38-41,48,52,55-56H,11-21H2,1-6H3,(H,53,54)/t22-,23-,24-,25-,26+,33+,34-,35-,36+,38-,39-,40-,41-,48+,49+/m0/s1. The van der Waals surface area contributed by atoms with Crippen molar-refractivity contribution in [1.82, 2.24) is 0 Å². The van der Waals surface area contributed by atoms with Gasteiger partial charge in [-0.25, -0.2) is 0 Å². The zero-order chi connectivity index (χ0) is 48.1. The van der Waals surface area contributed by atoms with E-state index >= 15 is 0 Å². The normalized spacial score (nSPS) is 35.7. The number of ketones is 4. The molecule has 4 N–H and O–H groups in total. The number of hydrogen-bond acceptors (Lipinski definition) is 17. The number of phenolic OH excluding ortho intramolecular Hbond substituents is 2. The molecule has 0 saturated carbocycles. The van der Waals surface area contributed by atoms with Gasteiger partial charge in [0.2, 0.25) is 0 Å². The van der Waals surface area contributed by atoms with Crippen molar-refractivity contribution in [2.24, 2.45) is 0 Å². The molecule has 5 fully saturated rings. The highest BCUT2D eigenvalue weighted by Crippen LogP contribution is 2.45. The van der Waals surface area contributed by atoms with Gasteiger partial charge in [-0.1, -0.05) is 12.1 Å². The maximum atomic E-state index is 14.1. The van der Waals surface area contributed by atoms with Gasteiger partial charge in [-0.2, -0.15) is 0 Å². The minimum absolute atomic E-state index is 0.0115. The van der Waals surface area contributed by atoms with Crippen LogP contribution in [0, 0.1) is 0 Å². The van der Waals surface area contributed by atoms with Gasteiger partial charge in [0.25, 0.3) is 0 Å². The topological polar surface area (TPSA) is 249 Å². The highest BCUT2D eigenvalue weighted by Gasteiger charge is 2.45. The number of aliphatic hydroxyl groups excluding tert-OH is 1. The number of carboxylic acid groups (broad SMARTS) is 1. The fourth-order valence-electron chi connectivity index (χ4n) is 10.2. The van der Waals surface area contributed by atoms with Crippen LogP contribution >= 0.6 is 0 Å². The molecule has 0 unspecified atom stereocenters. The average molecular weight is 939 g/mol. The SMILES string of the molecule is C[C@@H]1O[C@@H](O[C@H]2CC[C@H](O[C@H]3[C@H](O)C[C@H](c4ccc5c(c4O)C(=O)c4ccc(C[C@](C)(CC(=O)O)O[C@H]6CC[C@H](O[C@H]7CCC(=O)[C@H](C)O7)[C@H](C)O6)c(O)c4C5=O)O[C@@H]3C)O[C@H]2C)CCC1=O. The van der Waals surface area contributed by atoms with Crippen LogP contribution < -0.4 is 0 Å². The number of aliphatic carboxylic acids is 1. The quantitative estimate of drug-likeness (QED) is 0.170. The summed E-state index contributed by atoms with van der Waals surface area (Å²) < 4.78 is 54.8. The van der Waals surface area contributed by atoms with Gasteiger partial charge in [0, 0.05) is 68.1 Å². The van der Waals surface area contributed by atoms with Gasteiger partial charge in [-0.3, -0.25) is 24.0 Å². The molecule has 366 valence electrons. The molecule has 0 spiro atoms. The first-order valence-electron chi connectivity index (χ1n) is 23.5. The summed E-state index contributed by atoms with van der Waals surface area (Å²) in [5.74, 6) is -3.54. The van der Waals surface area contributed by atoms with E-state index in [1.807, 2.05) is 13.8 Å². The van der Waals surface area contributed by atoms with E-state index in [-0.39, 0.29) is 76.1 Å². The number of aliphatic hydroxyl groups is 1. The third-order valence-electron chi connectivity index (χ3n) is 13.9. The fourth-order valence-corrected chi connectivity index (χ4v) is 10.2. The van der Waals surface area contributed by atoms with Gasteiger partial charge in [-0.05, 0) is 72.1 Å². The van der Waals surface area contributed by atoms with Crippen LogP contribution in [0.25, 0.3) is 0 Å². The van der Waals surface area contributed by atoms with Gasteiger partial charge in [0.1, 0.15) is 29.8 Å². The summed E-state index contributed by atoms with van der Waals surface area (Å²) in [6.07, 6.45) is -5.56. The molecule has 15 atom stereocenters. The molecule has 2 aromatic carbocycles. The van der Waals surface area contributed by atoms with Gasteiger partial charge >= 0.3 is 5.97 Å². The monoisotopic (exact) mass is 938 g/mol. The van der Waals surface area contributed by atoms with Crippen molar-refractivity contribution in [3.63, 3.8) is 0 Å². The van der Waals surface area contributed by atoms with E-state index in [4.69, 9.17) is 42.6 Å². The van der Waals surface area contributed by atoms with Crippen LogP contribution in [0.15, 0.2) is 24.3 Å². The van der Waals surface area contributed by atoms with Gasteiger partial charge < -0.3 is 63.1 Å². The summed E-state index contributed by atoms with van der Waals surface area (Å²) in [7, 11) is 0. The Kier molecular flexibility index (Phi) is 14.7. The Morgan fingerprint density at radius 2 is 1.18 bits per heavy atom. The molecular weight excluding hydrogens is 877 g/mol. The Labute approximate surface area is 388 Å². The number of carboxylic acids is 1. The number of Topliss-reactive ketones (excluding diaryl/α,β-unsaturated/α-hetero) is 2. The predicted molar refractivity (Wildman–Crippen MR) is 231 cm³/mol. The van der Waals surface area contributed by atoms with E-state index in [1.54, 1.807) is 27.7 Å².